The zero-order valence-electron chi connectivity index (χ0n) is 6.41. The van der Waals surface area contributed by atoms with Crippen LogP contribution in [0.4, 0.5) is 0 Å². The number of aromatic hydroxyl groups is 1. The third kappa shape index (κ3) is 1.24. The van der Waals surface area contributed by atoms with E-state index in [1.54, 1.807) is 17.5 Å². The topological polar surface area (TPSA) is 44.0 Å². The zero-order chi connectivity index (χ0) is 9.42. The first-order valence-corrected chi connectivity index (χ1v) is 4.78. The maximum atomic E-state index is 9.29. The third-order valence-electron chi connectivity index (χ3n) is 1.76. The van der Waals surface area contributed by atoms with E-state index in [0.717, 1.165) is 10.1 Å². The van der Waals surface area contributed by atoms with Gasteiger partial charge in [0.05, 0.1) is 10.6 Å². The summed E-state index contributed by atoms with van der Waals surface area (Å²) in [7, 11) is 0. The monoisotopic (exact) mass is 209 g/mol. The van der Waals surface area contributed by atoms with Crippen molar-refractivity contribution in [1.82, 2.24) is 0 Å². The van der Waals surface area contributed by atoms with Crippen molar-refractivity contribution in [1.29, 1.82) is 5.26 Å². The summed E-state index contributed by atoms with van der Waals surface area (Å²) in [6.07, 6.45) is 0. The Balaban J connectivity index is 2.86. The summed E-state index contributed by atoms with van der Waals surface area (Å²) in [6, 6.07) is 5.25. The standard InChI is InChI=1S/C9H4ClNOS/c10-7-1-6-5(3-11)4-13-9(6)2-8(7)12/h1-2,4,12H. The second-order valence-electron chi connectivity index (χ2n) is 2.56. The molecule has 1 aromatic carbocycles. The molecule has 0 aliphatic heterocycles. The average molecular weight is 210 g/mol. The number of hydrogen-bond acceptors (Lipinski definition) is 3. The summed E-state index contributed by atoms with van der Waals surface area (Å²) in [5, 5.41) is 20.9. The van der Waals surface area contributed by atoms with Crippen molar-refractivity contribution >= 4 is 33.0 Å². The van der Waals surface area contributed by atoms with Gasteiger partial charge in [-0.3, -0.25) is 0 Å². The normalized spacial score (nSPS) is 10.2. The van der Waals surface area contributed by atoms with Gasteiger partial charge in [-0.25, -0.2) is 0 Å². The highest BCUT2D eigenvalue weighted by atomic mass is 35.5. The van der Waals surface area contributed by atoms with Gasteiger partial charge in [-0.15, -0.1) is 11.3 Å². The highest BCUT2D eigenvalue weighted by Crippen LogP contribution is 2.33. The van der Waals surface area contributed by atoms with Crippen LogP contribution in [0.25, 0.3) is 10.1 Å². The van der Waals surface area contributed by atoms with Crippen LogP contribution < -0.4 is 0 Å². The van der Waals surface area contributed by atoms with Gasteiger partial charge in [0.15, 0.2) is 0 Å². The fourth-order valence-corrected chi connectivity index (χ4v) is 2.19. The molecule has 2 rings (SSSR count). The van der Waals surface area contributed by atoms with Gasteiger partial charge in [-0.05, 0) is 12.1 Å². The lowest BCUT2D eigenvalue weighted by Crippen LogP contribution is -1.71. The molecule has 0 saturated heterocycles. The molecule has 0 unspecified atom stereocenters. The molecule has 2 nitrogen and oxygen atoms in total. The smallest absolute Gasteiger partial charge is 0.135 e. The Bertz CT molecular complexity index is 512. The number of phenols is 1. The molecule has 4 heteroatoms. The number of thiophene rings is 1. The van der Waals surface area contributed by atoms with E-state index in [9.17, 15) is 5.11 Å². The summed E-state index contributed by atoms with van der Waals surface area (Å²) in [6.45, 7) is 0. The SMILES string of the molecule is N#Cc1csc2cc(O)c(Cl)cc12. The lowest BCUT2D eigenvalue weighted by molar-refractivity contribution is 0.476. The first kappa shape index (κ1) is 8.36. The summed E-state index contributed by atoms with van der Waals surface area (Å²) in [5.41, 5.74) is 0.599. The lowest BCUT2D eigenvalue weighted by atomic mass is 10.2. The molecule has 0 fully saturated rings. The van der Waals surface area contributed by atoms with E-state index in [-0.39, 0.29) is 10.8 Å². The predicted octanol–water partition coefficient (Wildman–Crippen LogP) is 3.13. The van der Waals surface area contributed by atoms with Crippen LogP contribution >= 0.6 is 22.9 Å². The third-order valence-corrected chi connectivity index (χ3v) is 3.01. The quantitative estimate of drug-likeness (QED) is 0.725. The molecule has 1 N–H and O–H groups in total. The van der Waals surface area contributed by atoms with Crippen molar-refractivity contribution in [3.05, 3.63) is 28.1 Å². The largest absolute Gasteiger partial charge is 0.506 e. The van der Waals surface area contributed by atoms with Crippen molar-refractivity contribution in [2.24, 2.45) is 0 Å². The number of hydrogen-bond donors (Lipinski definition) is 1. The minimum atomic E-state index is 0.0560. The van der Waals surface area contributed by atoms with Crippen molar-refractivity contribution < 1.29 is 5.11 Å². The van der Waals surface area contributed by atoms with E-state index in [2.05, 4.69) is 6.07 Å². The molecule has 0 bridgehead atoms. The Kier molecular flexibility index (Phi) is 1.87. The minimum Gasteiger partial charge on any atom is -0.506 e. The maximum Gasteiger partial charge on any atom is 0.135 e. The second kappa shape index (κ2) is 2.91. The van der Waals surface area contributed by atoms with Crippen LogP contribution in [-0.2, 0) is 0 Å². The van der Waals surface area contributed by atoms with E-state index >= 15 is 0 Å². The van der Waals surface area contributed by atoms with Crippen molar-refractivity contribution in [2.45, 2.75) is 0 Å². The fourth-order valence-electron chi connectivity index (χ4n) is 1.12. The first-order chi connectivity index (χ1) is 6.22. The number of phenolic OH excluding ortho intramolecular Hbond substituents is 1. The van der Waals surface area contributed by atoms with E-state index in [4.69, 9.17) is 16.9 Å². The highest BCUT2D eigenvalue weighted by molar-refractivity contribution is 7.17. The van der Waals surface area contributed by atoms with Crippen molar-refractivity contribution in [2.75, 3.05) is 0 Å². The lowest BCUT2D eigenvalue weighted by Gasteiger charge is -1.95. The summed E-state index contributed by atoms with van der Waals surface area (Å²) < 4.78 is 0.874. The molecule has 1 aromatic heterocycles. The van der Waals surface area contributed by atoms with Gasteiger partial charge in [0.25, 0.3) is 0 Å². The molecule has 0 aliphatic rings. The Hall–Kier alpha value is -1.24. The molecule has 0 amide bonds. The van der Waals surface area contributed by atoms with Crippen LogP contribution in [0.1, 0.15) is 5.56 Å². The van der Waals surface area contributed by atoms with Gasteiger partial charge in [0, 0.05) is 15.5 Å². The Labute approximate surface area is 83.6 Å². The number of nitrogens with zero attached hydrogens (tertiary/aromatic N) is 1. The molecular weight excluding hydrogens is 206 g/mol. The Morgan fingerprint density at radius 1 is 1.46 bits per heavy atom. The van der Waals surface area contributed by atoms with Crippen LogP contribution in [0.15, 0.2) is 17.5 Å². The molecule has 64 valence electrons. The number of fused-ring (bicyclic) bond motifs is 1. The van der Waals surface area contributed by atoms with E-state index in [1.807, 2.05) is 0 Å². The van der Waals surface area contributed by atoms with Gasteiger partial charge in [0.1, 0.15) is 11.8 Å². The number of nitriles is 1. The number of benzene rings is 1. The van der Waals surface area contributed by atoms with Gasteiger partial charge >= 0.3 is 0 Å². The Morgan fingerprint density at radius 2 is 2.23 bits per heavy atom. The van der Waals surface area contributed by atoms with E-state index in [1.165, 1.54) is 11.3 Å². The van der Waals surface area contributed by atoms with E-state index < -0.39 is 0 Å². The molecule has 0 radical (unpaired) electrons. The summed E-state index contributed by atoms with van der Waals surface area (Å²) in [4.78, 5) is 0. The van der Waals surface area contributed by atoms with Crippen LogP contribution in [-0.4, -0.2) is 5.11 Å². The van der Waals surface area contributed by atoms with Gasteiger partial charge in [0.2, 0.25) is 0 Å². The molecule has 0 aliphatic carbocycles. The predicted molar refractivity (Wildman–Crippen MR) is 53.2 cm³/mol. The highest BCUT2D eigenvalue weighted by Gasteiger charge is 2.06. The Morgan fingerprint density at radius 3 is 2.92 bits per heavy atom. The molecule has 0 atom stereocenters. The fraction of sp³-hybridized carbons (Fsp3) is 0. The number of halogens is 1. The molecule has 0 saturated carbocycles. The van der Waals surface area contributed by atoms with Gasteiger partial charge in [-0.2, -0.15) is 5.26 Å². The zero-order valence-corrected chi connectivity index (χ0v) is 7.99. The van der Waals surface area contributed by atoms with Crippen LogP contribution in [0, 0.1) is 11.3 Å². The van der Waals surface area contributed by atoms with Gasteiger partial charge < -0.3 is 5.11 Å². The molecule has 0 spiro atoms. The first-order valence-electron chi connectivity index (χ1n) is 3.52. The van der Waals surface area contributed by atoms with Crippen molar-refractivity contribution in [3.63, 3.8) is 0 Å². The average Bonchev–Trinajstić information content (AvgIpc) is 2.48. The van der Waals surface area contributed by atoms with Gasteiger partial charge in [-0.1, -0.05) is 11.6 Å². The maximum absolute atomic E-state index is 9.29. The van der Waals surface area contributed by atoms with Crippen LogP contribution in [0.2, 0.25) is 5.02 Å². The molecular formula is C9H4ClNOS. The molecule has 1 heterocycles. The molecule has 2 aromatic rings. The van der Waals surface area contributed by atoms with Crippen LogP contribution in [0.3, 0.4) is 0 Å². The molecule has 13 heavy (non-hydrogen) atoms. The van der Waals surface area contributed by atoms with E-state index in [0.29, 0.717) is 5.56 Å². The summed E-state index contributed by atoms with van der Waals surface area (Å²) >= 11 is 7.14. The minimum absolute atomic E-state index is 0.0560. The summed E-state index contributed by atoms with van der Waals surface area (Å²) in [5.74, 6) is 0.0560. The number of rotatable bonds is 0. The van der Waals surface area contributed by atoms with Crippen LogP contribution in [0.5, 0.6) is 5.75 Å². The van der Waals surface area contributed by atoms with Crippen molar-refractivity contribution in [3.8, 4) is 11.8 Å². The second-order valence-corrected chi connectivity index (χ2v) is 3.88.